The van der Waals surface area contributed by atoms with E-state index in [2.05, 4.69) is 0 Å². The standard InChI is InChI=1S/C13H19NO2S/c1-9-7-11(13(14)5-4-6-13)12(8-10(9)2)17(3,15)16/h7-8H,4-6,14H2,1-3H3. The summed E-state index contributed by atoms with van der Waals surface area (Å²) in [7, 11) is -3.21. The lowest BCUT2D eigenvalue weighted by molar-refractivity contribution is 0.248. The Hall–Kier alpha value is -0.870. The number of hydrogen-bond donors (Lipinski definition) is 1. The molecule has 2 rings (SSSR count). The zero-order chi connectivity index (χ0) is 12.8. The molecule has 1 aliphatic rings. The van der Waals surface area contributed by atoms with Crippen LogP contribution in [0, 0.1) is 13.8 Å². The lowest BCUT2D eigenvalue weighted by Gasteiger charge is -2.40. The van der Waals surface area contributed by atoms with Crippen molar-refractivity contribution in [3.8, 4) is 0 Å². The lowest BCUT2D eigenvalue weighted by atomic mass is 9.72. The van der Waals surface area contributed by atoms with E-state index in [-0.39, 0.29) is 0 Å². The third-order valence-corrected chi connectivity index (χ3v) is 4.91. The van der Waals surface area contributed by atoms with Crippen LogP contribution in [0.25, 0.3) is 0 Å². The van der Waals surface area contributed by atoms with E-state index >= 15 is 0 Å². The van der Waals surface area contributed by atoms with Gasteiger partial charge in [-0.05, 0) is 55.9 Å². The first kappa shape index (κ1) is 12.6. The van der Waals surface area contributed by atoms with Crippen molar-refractivity contribution >= 4 is 9.84 Å². The van der Waals surface area contributed by atoms with Crippen LogP contribution in [0.15, 0.2) is 17.0 Å². The third-order valence-electron chi connectivity index (χ3n) is 3.78. The van der Waals surface area contributed by atoms with Crippen molar-refractivity contribution in [3.05, 3.63) is 28.8 Å². The minimum absolute atomic E-state index is 0.405. The Kier molecular flexibility index (Phi) is 2.83. The van der Waals surface area contributed by atoms with E-state index in [1.54, 1.807) is 6.07 Å². The Morgan fingerprint density at radius 2 is 1.71 bits per heavy atom. The van der Waals surface area contributed by atoms with E-state index < -0.39 is 15.4 Å². The Morgan fingerprint density at radius 1 is 1.18 bits per heavy atom. The van der Waals surface area contributed by atoms with Crippen LogP contribution >= 0.6 is 0 Å². The van der Waals surface area contributed by atoms with Gasteiger partial charge in [0.25, 0.3) is 0 Å². The molecule has 1 saturated carbocycles. The molecule has 0 bridgehead atoms. The fraction of sp³-hybridized carbons (Fsp3) is 0.538. The maximum absolute atomic E-state index is 11.8. The van der Waals surface area contributed by atoms with E-state index in [0.717, 1.165) is 36.0 Å². The third kappa shape index (κ3) is 2.11. The van der Waals surface area contributed by atoms with E-state index in [1.807, 2.05) is 19.9 Å². The predicted molar refractivity (Wildman–Crippen MR) is 68.7 cm³/mol. The van der Waals surface area contributed by atoms with Gasteiger partial charge in [-0.1, -0.05) is 6.07 Å². The fourth-order valence-corrected chi connectivity index (χ4v) is 3.37. The number of sulfone groups is 1. The van der Waals surface area contributed by atoms with Crippen LogP contribution < -0.4 is 5.73 Å². The van der Waals surface area contributed by atoms with Crippen molar-refractivity contribution in [2.24, 2.45) is 5.73 Å². The van der Waals surface area contributed by atoms with Gasteiger partial charge in [-0.3, -0.25) is 0 Å². The van der Waals surface area contributed by atoms with Gasteiger partial charge in [0, 0.05) is 11.8 Å². The van der Waals surface area contributed by atoms with Crippen LogP contribution in [0.1, 0.15) is 36.0 Å². The summed E-state index contributed by atoms with van der Waals surface area (Å²) in [5.74, 6) is 0. The number of aryl methyl sites for hydroxylation is 2. The molecule has 1 aliphatic carbocycles. The van der Waals surface area contributed by atoms with Crippen molar-refractivity contribution in [2.45, 2.75) is 43.5 Å². The van der Waals surface area contributed by atoms with Gasteiger partial charge in [-0.2, -0.15) is 0 Å². The topological polar surface area (TPSA) is 60.2 Å². The van der Waals surface area contributed by atoms with E-state index in [9.17, 15) is 8.42 Å². The molecule has 3 nitrogen and oxygen atoms in total. The molecule has 0 atom stereocenters. The molecule has 4 heteroatoms. The summed E-state index contributed by atoms with van der Waals surface area (Å²) >= 11 is 0. The van der Waals surface area contributed by atoms with Crippen LogP contribution in [-0.2, 0) is 15.4 Å². The summed E-state index contributed by atoms with van der Waals surface area (Å²) in [6.45, 7) is 3.92. The van der Waals surface area contributed by atoms with Crippen molar-refractivity contribution < 1.29 is 8.42 Å². The van der Waals surface area contributed by atoms with Crippen LogP contribution in [0.3, 0.4) is 0 Å². The summed E-state index contributed by atoms with van der Waals surface area (Å²) in [5, 5.41) is 0. The highest BCUT2D eigenvalue weighted by molar-refractivity contribution is 7.90. The maximum atomic E-state index is 11.8. The van der Waals surface area contributed by atoms with Gasteiger partial charge in [-0.25, -0.2) is 8.42 Å². The molecule has 94 valence electrons. The number of hydrogen-bond acceptors (Lipinski definition) is 3. The smallest absolute Gasteiger partial charge is 0.175 e. The molecule has 1 aromatic carbocycles. The minimum atomic E-state index is -3.21. The first-order valence-corrected chi connectivity index (χ1v) is 7.74. The molecule has 1 fully saturated rings. The summed E-state index contributed by atoms with van der Waals surface area (Å²) < 4.78 is 23.7. The molecule has 0 aromatic heterocycles. The van der Waals surface area contributed by atoms with Gasteiger partial charge >= 0.3 is 0 Å². The largest absolute Gasteiger partial charge is 0.321 e. The van der Waals surface area contributed by atoms with Crippen molar-refractivity contribution in [2.75, 3.05) is 6.26 Å². The predicted octanol–water partition coefficient (Wildman–Crippen LogP) is 2.04. The number of rotatable bonds is 2. The Balaban J connectivity index is 2.69. The highest BCUT2D eigenvalue weighted by Crippen LogP contribution is 2.42. The quantitative estimate of drug-likeness (QED) is 0.877. The van der Waals surface area contributed by atoms with Gasteiger partial charge in [0.05, 0.1) is 4.90 Å². The molecule has 0 aliphatic heterocycles. The van der Waals surface area contributed by atoms with E-state index in [1.165, 1.54) is 6.26 Å². The SMILES string of the molecule is Cc1cc(C2(N)CCC2)c(S(C)(=O)=O)cc1C. The van der Waals surface area contributed by atoms with Gasteiger partial charge in [0.1, 0.15) is 0 Å². The molecule has 0 unspecified atom stereocenters. The second-order valence-corrected chi connectivity index (χ2v) is 7.20. The normalized spacial score (nSPS) is 18.8. The highest BCUT2D eigenvalue weighted by Gasteiger charge is 2.38. The zero-order valence-corrected chi connectivity index (χ0v) is 11.4. The summed E-state index contributed by atoms with van der Waals surface area (Å²) in [5.41, 5.74) is 8.74. The highest BCUT2D eigenvalue weighted by atomic mass is 32.2. The van der Waals surface area contributed by atoms with Crippen molar-refractivity contribution in [1.82, 2.24) is 0 Å². The zero-order valence-electron chi connectivity index (χ0n) is 10.6. The lowest BCUT2D eigenvalue weighted by Crippen LogP contribution is -2.44. The monoisotopic (exact) mass is 253 g/mol. The van der Waals surface area contributed by atoms with E-state index in [4.69, 9.17) is 5.73 Å². The molecule has 0 spiro atoms. The molecular formula is C13H19NO2S. The van der Waals surface area contributed by atoms with Gasteiger partial charge < -0.3 is 5.73 Å². The Labute approximate surface area is 103 Å². The number of nitrogens with two attached hydrogens (primary N) is 1. The molecule has 0 saturated heterocycles. The van der Waals surface area contributed by atoms with Crippen LogP contribution in [0.4, 0.5) is 0 Å². The van der Waals surface area contributed by atoms with Crippen LogP contribution in [0.2, 0.25) is 0 Å². The average Bonchev–Trinajstić information content (AvgIpc) is 2.16. The van der Waals surface area contributed by atoms with Crippen LogP contribution in [-0.4, -0.2) is 14.7 Å². The average molecular weight is 253 g/mol. The second kappa shape index (κ2) is 3.82. The molecule has 1 aromatic rings. The first-order chi connectivity index (χ1) is 7.74. The van der Waals surface area contributed by atoms with Gasteiger partial charge in [0.15, 0.2) is 9.84 Å². The first-order valence-electron chi connectivity index (χ1n) is 5.85. The Bertz CT molecular complexity index is 557. The van der Waals surface area contributed by atoms with Gasteiger partial charge in [-0.15, -0.1) is 0 Å². The van der Waals surface area contributed by atoms with Crippen LogP contribution in [0.5, 0.6) is 0 Å². The minimum Gasteiger partial charge on any atom is -0.321 e. The number of benzene rings is 1. The molecule has 0 amide bonds. The second-order valence-electron chi connectivity index (χ2n) is 5.21. The Morgan fingerprint density at radius 3 is 2.12 bits per heavy atom. The molecule has 0 radical (unpaired) electrons. The maximum Gasteiger partial charge on any atom is 0.175 e. The fourth-order valence-electron chi connectivity index (χ4n) is 2.31. The van der Waals surface area contributed by atoms with Crippen molar-refractivity contribution in [3.63, 3.8) is 0 Å². The molecule has 17 heavy (non-hydrogen) atoms. The molecule has 2 N–H and O–H groups in total. The van der Waals surface area contributed by atoms with Crippen molar-refractivity contribution in [1.29, 1.82) is 0 Å². The van der Waals surface area contributed by atoms with Gasteiger partial charge in [0.2, 0.25) is 0 Å². The summed E-state index contributed by atoms with van der Waals surface area (Å²) in [6.07, 6.45) is 4.07. The van der Waals surface area contributed by atoms with E-state index in [0.29, 0.717) is 4.90 Å². The molecule has 0 heterocycles. The molecular weight excluding hydrogens is 234 g/mol. The summed E-state index contributed by atoms with van der Waals surface area (Å²) in [6, 6.07) is 3.71. The summed E-state index contributed by atoms with van der Waals surface area (Å²) in [4.78, 5) is 0.405.